The average molecular weight is 225 g/mol. The monoisotopic (exact) mass is 225 g/mol. The molecule has 1 aromatic rings. The van der Waals surface area contributed by atoms with E-state index in [2.05, 4.69) is 15.6 Å². The van der Waals surface area contributed by atoms with Crippen molar-refractivity contribution in [1.82, 2.24) is 15.6 Å². The molecule has 0 saturated heterocycles. The van der Waals surface area contributed by atoms with Crippen molar-refractivity contribution in [3.05, 3.63) is 30.1 Å². The fourth-order valence-corrected chi connectivity index (χ4v) is 1.81. The summed E-state index contributed by atoms with van der Waals surface area (Å²) in [7, 11) is 1.61. The quantitative estimate of drug-likeness (QED) is 0.741. The Morgan fingerprint density at radius 1 is 1.47 bits per heavy atom. The van der Waals surface area contributed by atoms with Gasteiger partial charge in [-0.15, -0.1) is 0 Å². The van der Waals surface area contributed by atoms with Gasteiger partial charge in [-0.2, -0.15) is 11.8 Å². The minimum Gasteiger partial charge on any atom is -0.341 e. The van der Waals surface area contributed by atoms with E-state index in [-0.39, 0.29) is 6.03 Å². The van der Waals surface area contributed by atoms with Gasteiger partial charge >= 0.3 is 6.03 Å². The van der Waals surface area contributed by atoms with Gasteiger partial charge in [-0.25, -0.2) is 4.79 Å². The third-order valence-electron chi connectivity index (χ3n) is 1.78. The summed E-state index contributed by atoms with van der Waals surface area (Å²) >= 11 is 1.79. The summed E-state index contributed by atoms with van der Waals surface area (Å²) in [5, 5.41) is 5.24. The van der Waals surface area contributed by atoms with Crippen molar-refractivity contribution in [2.45, 2.75) is 5.75 Å². The number of pyridine rings is 1. The van der Waals surface area contributed by atoms with Gasteiger partial charge in [0.1, 0.15) is 0 Å². The number of nitrogens with one attached hydrogen (secondary N) is 2. The molecule has 0 radical (unpaired) electrons. The molecule has 5 heteroatoms. The highest BCUT2D eigenvalue weighted by molar-refractivity contribution is 7.98. The van der Waals surface area contributed by atoms with Gasteiger partial charge in [-0.3, -0.25) is 4.98 Å². The first-order chi connectivity index (χ1) is 7.33. The minimum atomic E-state index is -0.125. The molecule has 0 fully saturated rings. The predicted octanol–water partition coefficient (Wildman–Crippen LogP) is 1.24. The second kappa shape index (κ2) is 7.11. The highest BCUT2D eigenvalue weighted by atomic mass is 32.2. The molecule has 0 unspecified atom stereocenters. The Kier molecular flexibility index (Phi) is 5.62. The maximum Gasteiger partial charge on any atom is 0.314 e. The number of nitrogens with zero attached hydrogens (tertiary/aromatic N) is 1. The van der Waals surface area contributed by atoms with Crippen LogP contribution >= 0.6 is 11.8 Å². The summed E-state index contributed by atoms with van der Waals surface area (Å²) in [6.07, 6.45) is 3.58. The highest BCUT2D eigenvalue weighted by Crippen LogP contribution is 2.09. The standard InChI is InChI=1S/C10H15N3OS/c1-11-10(14)13-6-7-15-8-9-2-4-12-5-3-9/h2-5H,6-8H2,1H3,(H2,11,13,14). The molecule has 0 aliphatic carbocycles. The number of thioether (sulfide) groups is 1. The summed E-state index contributed by atoms with van der Waals surface area (Å²) in [6, 6.07) is 3.87. The molecule has 0 saturated carbocycles. The maximum atomic E-state index is 10.8. The molecule has 2 amide bonds. The summed E-state index contributed by atoms with van der Waals surface area (Å²) in [4.78, 5) is 14.8. The van der Waals surface area contributed by atoms with Gasteiger partial charge in [0.15, 0.2) is 0 Å². The molecule has 2 N–H and O–H groups in total. The summed E-state index contributed by atoms with van der Waals surface area (Å²) in [5.41, 5.74) is 1.26. The zero-order valence-corrected chi connectivity index (χ0v) is 9.51. The van der Waals surface area contributed by atoms with Crippen LogP contribution in [-0.2, 0) is 5.75 Å². The van der Waals surface area contributed by atoms with Crippen LogP contribution in [0.4, 0.5) is 4.79 Å². The van der Waals surface area contributed by atoms with Crippen molar-refractivity contribution in [1.29, 1.82) is 0 Å². The third kappa shape index (κ3) is 5.27. The second-order valence-electron chi connectivity index (χ2n) is 2.91. The van der Waals surface area contributed by atoms with Crippen LogP contribution in [-0.4, -0.2) is 30.4 Å². The van der Waals surface area contributed by atoms with Gasteiger partial charge in [-0.1, -0.05) is 0 Å². The third-order valence-corrected chi connectivity index (χ3v) is 2.81. The number of urea groups is 1. The fourth-order valence-electron chi connectivity index (χ4n) is 0.994. The average Bonchev–Trinajstić information content (AvgIpc) is 2.29. The first-order valence-corrected chi connectivity index (χ1v) is 5.90. The Morgan fingerprint density at radius 3 is 2.87 bits per heavy atom. The topological polar surface area (TPSA) is 54.0 Å². The molecule has 0 atom stereocenters. The summed E-state index contributed by atoms with van der Waals surface area (Å²) in [6.45, 7) is 0.690. The van der Waals surface area contributed by atoms with Gasteiger partial charge in [0.2, 0.25) is 0 Å². The van der Waals surface area contributed by atoms with Crippen LogP contribution in [0.15, 0.2) is 24.5 Å². The van der Waals surface area contributed by atoms with Gasteiger partial charge in [-0.05, 0) is 17.7 Å². The number of carbonyl (C=O) groups excluding carboxylic acids is 1. The molecule has 1 heterocycles. The van der Waals surface area contributed by atoms with Crippen molar-refractivity contribution in [2.24, 2.45) is 0 Å². The van der Waals surface area contributed by atoms with Crippen molar-refractivity contribution < 1.29 is 4.79 Å². The van der Waals surface area contributed by atoms with Crippen LogP contribution in [0, 0.1) is 0 Å². The molecule has 15 heavy (non-hydrogen) atoms. The van der Waals surface area contributed by atoms with Gasteiger partial charge in [0.05, 0.1) is 0 Å². The van der Waals surface area contributed by atoms with Crippen LogP contribution < -0.4 is 10.6 Å². The Hall–Kier alpha value is -1.23. The van der Waals surface area contributed by atoms with Gasteiger partial charge < -0.3 is 10.6 Å². The van der Waals surface area contributed by atoms with E-state index in [1.165, 1.54) is 5.56 Å². The van der Waals surface area contributed by atoms with E-state index < -0.39 is 0 Å². The van der Waals surface area contributed by atoms with Crippen molar-refractivity contribution >= 4 is 17.8 Å². The first kappa shape index (κ1) is 11.8. The van der Waals surface area contributed by atoms with Gasteiger partial charge in [0, 0.05) is 37.5 Å². The molecule has 0 aliphatic rings. The lowest BCUT2D eigenvalue weighted by molar-refractivity contribution is 0.243. The first-order valence-electron chi connectivity index (χ1n) is 4.75. The molecule has 0 spiro atoms. The largest absolute Gasteiger partial charge is 0.341 e. The Balaban J connectivity index is 2.05. The van der Waals surface area contributed by atoms with Crippen LogP contribution in [0.2, 0.25) is 0 Å². The smallest absolute Gasteiger partial charge is 0.314 e. The fraction of sp³-hybridized carbons (Fsp3) is 0.400. The van der Waals surface area contributed by atoms with E-state index in [0.717, 1.165) is 11.5 Å². The predicted molar refractivity (Wildman–Crippen MR) is 62.9 cm³/mol. The van der Waals surface area contributed by atoms with E-state index in [1.54, 1.807) is 31.2 Å². The van der Waals surface area contributed by atoms with Crippen molar-refractivity contribution in [3.63, 3.8) is 0 Å². The zero-order valence-electron chi connectivity index (χ0n) is 8.69. The van der Waals surface area contributed by atoms with E-state index in [1.807, 2.05) is 12.1 Å². The zero-order chi connectivity index (χ0) is 10.9. The normalized spacial score (nSPS) is 9.67. The lowest BCUT2D eigenvalue weighted by Crippen LogP contribution is -2.34. The summed E-state index contributed by atoms with van der Waals surface area (Å²) < 4.78 is 0. The molecule has 0 aromatic carbocycles. The molecule has 1 rings (SSSR count). The van der Waals surface area contributed by atoms with Crippen LogP contribution in [0.3, 0.4) is 0 Å². The van der Waals surface area contributed by atoms with E-state index in [9.17, 15) is 4.79 Å². The Labute approximate surface area is 93.9 Å². The number of aromatic nitrogens is 1. The lowest BCUT2D eigenvalue weighted by Gasteiger charge is -2.04. The minimum absolute atomic E-state index is 0.125. The Bertz CT molecular complexity index is 292. The molecule has 4 nitrogen and oxygen atoms in total. The maximum absolute atomic E-state index is 10.8. The number of carbonyl (C=O) groups is 1. The Morgan fingerprint density at radius 2 is 2.20 bits per heavy atom. The van der Waals surface area contributed by atoms with E-state index in [4.69, 9.17) is 0 Å². The molecular weight excluding hydrogens is 210 g/mol. The van der Waals surface area contributed by atoms with Crippen molar-refractivity contribution in [2.75, 3.05) is 19.3 Å². The summed E-state index contributed by atoms with van der Waals surface area (Å²) in [5.74, 6) is 1.87. The number of hydrogen-bond donors (Lipinski definition) is 2. The number of rotatable bonds is 5. The lowest BCUT2D eigenvalue weighted by atomic mass is 10.3. The molecule has 0 aliphatic heterocycles. The second-order valence-corrected chi connectivity index (χ2v) is 4.02. The SMILES string of the molecule is CNC(=O)NCCSCc1ccncc1. The highest BCUT2D eigenvalue weighted by Gasteiger charge is 1.95. The van der Waals surface area contributed by atoms with E-state index in [0.29, 0.717) is 6.54 Å². The van der Waals surface area contributed by atoms with Crippen LogP contribution in [0.25, 0.3) is 0 Å². The molecule has 1 aromatic heterocycles. The number of amides is 2. The van der Waals surface area contributed by atoms with Crippen LogP contribution in [0.5, 0.6) is 0 Å². The van der Waals surface area contributed by atoms with Crippen LogP contribution in [0.1, 0.15) is 5.56 Å². The molecule has 82 valence electrons. The molecule has 0 bridgehead atoms. The van der Waals surface area contributed by atoms with Crippen molar-refractivity contribution in [3.8, 4) is 0 Å². The number of hydrogen-bond acceptors (Lipinski definition) is 3. The molecular formula is C10H15N3OS. The van der Waals surface area contributed by atoms with Gasteiger partial charge in [0.25, 0.3) is 0 Å². The van der Waals surface area contributed by atoms with E-state index >= 15 is 0 Å².